The number of benzene rings is 1. The lowest BCUT2D eigenvalue weighted by Crippen LogP contribution is -2.44. The van der Waals surface area contributed by atoms with E-state index in [2.05, 4.69) is 33.2 Å². The van der Waals surface area contributed by atoms with E-state index >= 15 is 0 Å². The predicted octanol–water partition coefficient (Wildman–Crippen LogP) is 2.91. The molecule has 1 heterocycles. The van der Waals surface area contributed by atoms with Crippen LogP contribution in [0, 0.1) is 3.57 Å². The summed E-state index contributed by atoms with van der Waals surface area (Å²) in [4.78, 5) is 23.7. The second-order valence-corrected chi connectivity index (χ2v) is 5.99. The zero-order valence-corrected chi connectivity index (χ0v) is 14.3. The van der Waals surface area contributed by atoms with Gasteiger partial charge in [0.05, 0.1) is 12.6 Å². The first-order chi connectivity index (χ1) is 9.93. The molecule has 1 aliphatic rings. The summed E-state index contributed by atoms with van der Waals surface area (Å²) in [5, 5.41) is 5.45. The molecule has 1 unspecified atom stereocenters. The van der Waals surface area contributed by atoms with Crippen LogP contribution in [0.25, 0.3) is 0 Å². The molecule has 0 aliphatic carbocycles. The first kappa shape index (κ1) is 15.8. The molecule has 5 nitrogen and oxygen atoms in total. The van der Waals surface area contributed by atoms with Crippen molar-refractivity contribution in [3.63, 3.8) is 0 Å². The van der Waals surface area contributed by atoms with Crippen molar-refractivity contribution in [1.29, 1.82) is 0 Å². The Balaban J connectivity index is 2.57. The van der Waals surface area contributed by atoms with Gasteiger partial charge >= 0.3 is 6.03 Å². The van der Waals surface area contributed by atoms with Crippen molar-refractivity contribution < 1.29 is 14.3 Å². The number of carbonyl (C=O) groups is 2. The Bertz CT molecular complexity index is 625. The summed E-state index contributed by atoms with van der Waals surface area (Å²) in [5.41, 5.74) is 1.93. The molecular weight excluding hydrogens is 383 g/mol. The standard InChI is InChI=1S/C15H17IN2O3/c1-4-21-12-6-5-10(16)7-11(12)14-13(9(3)19)8(2)17-15(20)18-14/h5-7,14H,4H2,1-3H3,(H2,17,18,20). The van der Waals surface area contributed by atoms with E-state index in [1.54, 1.807) is 6.92 Å². The number of rotatable bonds is 4. The molecule has 0 aromatic heterocycles. The summed E-state index contributed by atoms with van der Waals surface area (Å²) >= 11 is 2.20. The smallest absolute Gasteiger partial charge is 0.319 e. The van der Waals surface area contributed by atoms with Crippen molar-refractivity contribution >= 4 is 34.4 Å². The van der Waals surface area contributed by atoms with E-state index in [-0.39, 0.29) is 11.8 Å². The van der Waals surface area contributed by atoms with Crippen LogP contribution in [-0.4, -0.2) is 18.4 Å². The molecule has 0 saturated heterocycles. The number of amides is 2. The Morgan fingerprint density at radius 3 is 2.76 bits per heavy atom. The molecule has 0 saturated carbocycles. The molecule has 1 atom stereocenters. The molecule has 6 heteroatoms. The number of Topliss-reactive ketones (excluding diaryl/α,β-unsaturated/α-hetero) is 1. The lowest BCUT2D eigenvalue weighted by Gasteiger charge is -2.29. The van der Waals surface area contributed by atoms with Gasteiger partial charge in [0.25, 0.3) is 0 Å². The van der Waals surface area contributed by atoms with Crippen LogP contribution in [0.4, 0.5) is 4.79 Å². The van der Waals surface area contributed by atoms with Gasteiger partial charge in [-0.2, -0.15) is 0 Å². The van der Waals surface area contributed by atoms with Crippen LogP contribution < -0.4 is 15.4 Å². The van der Waals surface area contributed by atoms with Crippen molar-refractivity contribution in [1.82, 2.24) is 10.6 Å². The van der Waals surface area contributed by atoms with Crippen molar-refractivity contribution in [2.45, 2.75) is 26.8 Å². The normalized spacial score (nSPS) is 18.1. The number of urea groups is 1. The zero-order valence-electron chi connectivity index (χ0n) is 12.1. The fourth-order valence-corrected chi connectivity index (χ4v) is 2.94. The predicted molar refractivity (Wildman–Crippen MR) is 88.1 cm³/mol. The van der Waals surface area contributed by atoms with Crippen LogP contribution in [0.5, 0.6) is 5.75 Å². The van der Waals surface area contributed by atoms with Gasteiger partial charge in [-0.05, 0) is 61.6 Å². The van der Waals surface area contributed by atoms with E-state index in [0.29, 0.717) is 23.6 Å². The Hall–Kier alpha value is -1.57. The monoisotopic (exact) mass is 400 g/mol. The van der Waals surface area contributed by atoms with Gasteiger partial charge < -0.3 is 15.4 Å². The van der Waals surface area contributed by atoms with Crippen LogP contribution in [0.1, 0.15) is 32.4 Å². The molecule has 1 aromatic rings. The van der Waals surface area contributed by atoms with Crippen molar-refractivity contribution in [2.75, 3.05) is 6.61 Å². The van der Waals surface area contributed by atoms with Gasteiger partial charge in [0, 0.05) is 20.4 Å². The summed E-state index contributed by atoms with van der Waals surface area (Å²) in [7, 11) is 0. The molecule has 2 rings (SSSR count). The first-order valence-electron chi connectivity index (χ1n) is 6.65. The molecule has 0 bridgehead atoms. The van der Waals surface area contributed by atoms with E-state index in [9.17, 15) is 9.59 Å². The lowest BCUT2D eigenvalue weighted by atomic mass is 9.92. The van der Waals surface area contributed by atoms with Gasteiger partial charge in [0.1, 0.15) is 5.75 Å². The molecule has 21 heavy (non-hydrogen) atoms. The third-order valence-corrected chi connectivity index (χ3v) is 3.90. The Kier molecular flexibility index (Phi) is 4.87. The molecule has 0 spiro atoms. The highest BCUT2D eigenvalue weighted by atomic mass is 127. The number of hydrogen-bond donors (Lipinski definition) is 2. The van der Waals surface area contributed by atoms with Crippen molar-refractivity contribution in [3.8, 4) is 5.75 Å². The van der Waals surface area contributed by atoms with Gasteiger partial charge in [-0.15, -0.1) is 0 Å². The number of ether oxygens (including phenoxy) is 1. The molecule has 2 N–H and O–H groups in total. The van der Waals surface area contributed by atoms with Gasteiger partial charge in [-0.3, -0.25) is 4.79 Å². The molecule has 0 radical (unpaired) electrons. The highest BCUT2D eigenvalue weighted by Crippen LogP contribution is 2.34. The third kappa shape index (κ3) is 3.37. The van der Waals surface area contributed by atoms with Crippen molar-refractivity contribution in [2.24, 2.45) is 0 Å². The SMILES string of the molecule is CCOc1ccc(I)cc1C1NC(=O)NC(C)=C1C(C)=O. The van der Waals surface area contributed by atoms with Crippen LogP contribution in [-0.2, 0) is 4.79 Å². The number of hydrogen-bond acceptors (Lipinski definition) is 3. The highest BCUT2D eigenvalue weighted by molar-refractivity contribution is 14.1. The maximum atomic E-state index is 12.0. The first-order valence-corrected chi connectivity index (χ1v) is 7.73. The minimum Gasteiger partial charge on any atom is -0.494 e. The second-order valence-electron chi connectivity index (χ2n) is 4.74. The van der Waals surface area contributed by atoms with Crippen molar-refractivity contribution in [3.05, 3.63) is 38.6 Å². The van der Waals surface area contributed by atoms with E-state index in [1.165, 1.54) is 6.92 Å². The molecule has 1 aliphatic heterocycles. The number of allylic oxidation sites excluding steroid dienone is 1. The Morgan fingerprint density at radius 2 is 2.14 bits per heavy atom. The maximum absolute atomic E-state index is 12.0. The van der Waals surface area contributed by atoms with Gasteiger partial charge in [0.15, 0.2) is 5.78 Å². The zero-order chi connectivity index (χ0) is 15.6. The Morgan fingerprint density at radius 1 is 1.43 bits per heavy atom. The molecule has 0 fully saturated rings. The van der Waals surface area contributed by atoms with Crippen LogP contribution >= 0.6 is 22.6 Å². The summed E-state index contributed by atoms with van der Waals surface area (Å²) in [6.07, 6.45) is 0. The average Bonchev–Trinajstić information content (AvgIpc) is 2.39. The summed E-state index contributed by atoms with van der Waals surface area (Å²) in [6, 6.07) is 4.92. The second kappa shape index (κ2) is 6.46. The minimum absolute atomic E-state index is 0.0775. The Labute approximate surface area is 137 Å². The van der Waals surface area contributed by atoms with Crippen LogP contribution in [0.3, 0.4) is 0 Å². The molecule has 2 amide bonds. The van der Waals surface area contributed by atoms with E-state index in [4.69, 9.17) is 4.74 Å². The minimum atomic E-state index is -0.493. The molecular formula is C15H17IN2O3. The van der Waals surface area contributed by atoms with Gasteiger partial charge in [0.2, 0.25) is 0 Å². The third-order valence-electron chi connectivity index (χ3n) is 3.23. The largest absolute Gasteiger partial charge is 0.494 e. The number of halogens is 1. The van der Waals surface area contributed by atoms with Gasteiger partial charge in [-0.1, -0.05) is 0 Å². The number of carbonyl (C=O) groups excluding carboxylic acids is 2. The maximum Gasteiger partial charge on any atom is 0.319 e. The van der Waals surface area contributed by atoms with Gasteiger partial charge in [-0.25, -0.2) is 4.79 Å². The fourth-order valence-electron chi connectivity index (χ4n) is 2.43. The fraction of sp³-hybridized carbons (Fsp3) is 0.333. The summed E-state index contributed by atoms with van der Waals surface area (Å²) in [6.45, 7) is 5.65. The number of nitrogens with one attached hydrogen (secondary N) is 2. The van der Waals surface area contributed by atoms with E-state index in [0.717, 1.165) is 9.13 Å². The highest BCUT2D eigenvalue weighted by Gasteiger charge is 2.31. The molecule has 1 aromatic carbocycles. The van der Waals surface area contributed by atoms with E-state index < -0.39 is 6.04 Å². The molecule has 112 valence electrons. The topological polar surface area (TPSA) is 67.4 Å². The lowest BCUT2D eigenvalue weighted by molar-refractivity contribution is -0.114. The van der Waals surface area contributed by atoms with Crippen LogP contribution in [0.15, 0.2) is 29.5 Å². The summed E-state index contributed by atoms with van der Waals surface area (Å²) < 4.78 is 6.65. The summed E-state index contributed by atoms with van der Waals surface area (Å²) in [5.74, 6) is 0.600. The average molecular weight is 400 g/mol. The van der Waals surface area contributed by atoms with Crippen LogP contribution in [0.2, 0.25) is 0 Å². The number of ketones is 1. The van der Waals surface area contributed by atoms with E-state index in [1.807, 2.05) is 25.1 Å². The quantitative estimate of drug-likeness (QED) is 0.764.